The van der Waals surface area contributed by atoms with Crippen molar-refractivity contribution in [2.45, 2.75) is 13.8 Å². The Morgan fingerprint density at radius 2 is 1.05 bits per heavy atom. The highest BCUT2D eigenvalue weighted by Crippen LogP contribution is 2.30. The van der Waals surface area contributed by atoms with E-state index in [1.807, 2.05) is 0 Å². The van der Waals surface area contributed by atoms with Crippen molar-refractivity contribution < 1.29 is 0 Å². The smallest absolute Gasteiger partial charge is 0.00989 e. The summed E-state index contributed by atoms with van der Waals surface area (Å²) in [6.45, 7) is 4.30. The third-order valence-corrected chi connectivity index (χ3v) is 4.11. The van der Waals surface area contributed by atoms with Crippen LogP contribution < -0.4 is 0 Å². The minimum atomic E-state index is 1.31. The van der Waals surface area contributed by atoms with Crippen LogP contribution in [0, 0.1) is 13.8 Å². The summed E-state index contributed by atoms with van der Waals surface area (Å²) in [7, 11) is 0. The van der Waals surface area contributed by atoms with Gasteiger partial charge < -0.3 is 0 Å². The quantitative estimate of drug-likeness (QED) is 0.277. The Morgan fingerprint density at radius 3 is 1.90 bits per heavy atom. The minimum absolute atomic E-state index is 1.31. The number of hydrogen-bond donors (Lipinski definition) is 0. The second kappa shape index (κ2) is 4.08. The van der Waals surface area contributed by atoms with Crippen LogP contribution in [0.4, 0.5) is 0 Å². The van der Waals surface area contributed by atoms with E-state index in [1.165, 1.54) is 43.4 Å². The molecule has 0 unspecified atom stereocenters. The van der Waals surface area contributed by atoms with E-state index in [0.717, 1.165) is 0 Å². The topological polar surface area (TPSA) is 0 Å². The maximum absolute atomic E-state index is 2.33. The molecule has 0 heteroatoms. The molecule has 0 amide bonds. The molecule has 0 atom stereocenters. The second-order valence-corrected chi connectivity index (χ2v) is 5.71. The fourth-order valence-corrected chi connectivity index (χ4v) is 3.03. The second-order valence-electron chi connectivity index (χ2n) is 5.71. The number of benzene rings is 4. The Labute approximate surface area is 118 Å². The fourth-order valence-electron chi connectivity index (χ4n) is 3.03. The number of aryl methyl sites for hydroxylation is 2. The average Bonchev–Trinajstić information content (AvgIpc) is 2.45. The molecule has 0 saturated heterocycles. The maximum Gasteiger partial charge on any atom is -0.00989 e. The van der Waals surface area contributed by atoms with Gasteiger partial charge in [-0.2, -0.15) is 0 Å². The predicted molar refractivity (Wildman–Crippen MR) is 88.4 cm³/mol. The van der Waals surface area contributed by atoms with E-state index >= 15 is 0 Å². The van der Waals surface area contributed by atoms with E-state index in [2.05, 4.69) is 74.5 Å². The molecule has 4 rings (SSSR count). The van der Waals surface area contributed by atoms with E-state index in [9.17, 15) is 0 Å². The molecule has 0 bridgehead atoms. The molecule has 96 valence electrons. The molecule has 4 aromatic rings. The SMILES string of the molecule is Cc1ccc2cc3c(ccc4ccc(C)cc43)cc2c1. The van der Waals surface area contributed by atoms with Gasteiger partial charge in [0.05, 0.1) is 0 Å². The van der Waals surface area contributed by atoms with Gasteiger partial charge in [-0.05, 0) is 58.3 Å². The summed E-state index contributed by atoms with van der Waals surface area (Å²) in [4.78, 5) is 0. The zero-order valence-electron chi connectivity index (χ0n) is 11.8. The number of rotatable bonds is 0. The van der Waals surface area contributed by atoms with Crippen molar-refractivity contribution in [3.05, 3.63) is 71.8 Å². The van der Waals surface area contributed by atoms with Crippen LogP contribution in [-0.2, 0) is 0 Å². The van der Waals surface area contributed by atoms with Gasteiger partial charge in [0.15, 0.2) is 0 Å². The molecule has 20 heavy (non-hydrogen) atoms. The summed E-state index contributed by atoms with van der Waals surface area (Å²) in [5, 5.41) is 7.98. The lowest BCUT2D eigenvalue weighted by Crippen LogP contribution is -1.82. The molecule has 0 nitrogen and oxygen atoms in total. The van der Waals surface area contributed by atoms with Crippen LogP contribution in [0.3, 0.4) is 0 Å². The third-order valence-electron chi connectivity index (χ3n) is 4.11. The summed E-state index contributed by atoms with van der Waals surface area (Å²) in [5.41, 5.74) is 2.63. The first-order chi connectivity index (χ1) is 9.70. The third kappa shape index (κ3) is 1.69. The van der Waals surface area contributed by atoms with Crippen LogP contribution in [0.25, 0.3) is 32.3 Å². The highest BCUT2D eigenvalue weighted by molar-refractivity contribution is 6.12. The summed E-state index contributed by atoms with van der Waals surface area (Å²) >= 11 is 0. The Kier molecular flexibility index (Phi) is 2.34. The highest BCUT2D eigenvalue weighted by atomic mass is 14.1. The van der Waals surface area contributed by atoms with Gasteiger partial charge in [0, 0.05) is 0 Å². The van der Waals surface area contributed by atoms with E-state index in [4.69, 9.17) is 0 Å². The molecule has 4 aromatic carbocycles. The normalized spacial score (nSPS) is 11.5. The Morgan fingerprint density at radius 1 is 0.450 bits per heavy atom. The molecule has 0 aromatic heterocycles. The molecule has 0 N–H and O–H groups in total. The summed E-state index contributed by atoms with van der Waals surface area (Å²) in [5.74, 6) is 0. The first kappa shape index (κ1) is 11.5. The lowest BCUT2D eigenvalue weighted by Gasteiger charge is -2.08. The van der Waals surface area contributed by atoms with Crippen molar-refractivity contribution in [2.24, 2.45) is 0 Å². The first-order valence-electron chi connectivity index (χ1n) is 7.04. The Hall–Kier alpha value is -2.34. The molecule has 0 radical (unpaired) electrons. The molecular weight excluding hydrogens is 240 g/mol. The van der Waals surface area contributed by atoms with Gasteiger partial charge in [0.1, 0.15) is 0 Å². The molecule has 0 saturated carbocycles. The highest BCUT2D eigenvalue weighted by Gasteiger charge is 2.03. The van der Waals surface area contributed by atoms with Crippen LogP contribution in [0.2, 0.25) is 0 Å². The van der Waals surface area contributed by atoms with Crippen LogP contribution in [0.1, 0.15) is 11.1 Å². The molecular formula is C20H16. The molecule has 0 fully saturated rings. The number of hydrogen-bond acceptors (Lipinski definition) is 0. The Bertz CT molecular complexity index is 962. The first-order valence-corrected chi connectivity index (χ1v) is 7.04. The maximum atomic E-state index is 2.33. The van der Waals surface area contributed by atoms with Crippen molar-refractivity contribution >= 4 is 32.3 Å². The Balaban J connectivity index is 2.21. The monoisotopic (exact) mass is 256 g/mol. The van der Waals surface area contributed by atoms with Crippen molar-refractivity contribution in [1.29, 1.82) is 0 Å². The van der Waals surface area contributed by atoms with E-state index < -0.39 is 0 Å². The zero-order valence-corrected chi connectivity index (χ0v) is 11.8. The fraction of sp³-hybridized carbons (Fsp3) is 0.100. The summed E-state index contributed by atoms with van der Waals surface area (Å²) in [6.07, 6.45) is 0. The van der Waals surface area contributed by atoms with E-state index in [-0.39, 0.29) is 0 Å². The standard InChI is InChI=1S/C20H16/c1-13-4-6-16-12-20-17(11-18(16)9-13)8-7-15-5-3-14(2)10-19(15)20/h3-12H,1-2H3. The van der Waals surface area contributed by atoms with Gasteiger partial charge in [-0.15, -0.1) is 0 Å². The van der Waals surface area contributed by atoms with Gasteiger partial charge in [0.25, 0.3) is 0 Å². The molecule has 0 aliphatic heterocycles. The lowest BCUT2D eigenvalue weighted by molar-refractivity contribution is 1.51. The largest absolute Gasteiger partial charge is 0.0587 e. The van der Waals surface area contributed by atoms with Gasteiger partial charge >= 0.3 is 0 Å². The van der Waals surface area contributed by atoms with Crippen LogP contribution >= 0.6 is 0 Å². The lowest BCUT2D eigenvalue weighted by atomic mass is 9.97. The van der Waals surface area contributed by atoms with Crippen molar-refractivity contribution in [3.63, 3.8) is 0 Å². The zero-order chi connectivity index (χ0) is 13.7. The molecule has 0 spiro atoms. The van der Waals surface area contributed by atoms with Crippen molar-refractivity contribution in [1.82, 2.24) is 0 Å². The van der Waals surface area contributed by atoms with Gasteiger partial charge in [-0.1, -0.05) is 59.7 Å². The van der Waals surface area contributed by atoms with Crippen LogP contribution in [0.5, 0.6) is 0 Å². The van der Waals surface area contributed by atoms with Crippen molar-refractivity contribution in [3.8, 4) is 0 Å². The summed E-state index contributed by atoms with van der Waals surface area (Å²) < 4.78 is 0. The molecule has 0 aliphatic rings. The number of fused-ring (bicyclic) bond motifs is 4. The molecule has 0 heterocycles. The molecule has 0 aliphatic carbocycles. The van der Waals surface area contributed by atoms with Gasteiger partial charge in [-0.3, -0.25) is 0 Å². The van der Waals surface area contributed by atoms with Gasteiger partial charge in [0.2, 0.25) is 0 Å². The predicted octanol–water partition coefficient (Wildman–Crippen LogP) is 5.76. The van der Waals surface area contributed by atoms with Crippen LogP contribution in [-0.4, -0.2) is 0 Å². The van der Waals surface area contributed by atoms with Crippen molar-refractivity contribution in [2.75, 3.05) is 0 Å². The van der Waals surface area contributed by atoms with E-state index in [1.54, 1.807) is 0 Å². The average molecular weight is 256 g/mol. The van der Waals surface area contributed by atoms with Crippen LogP contribution in [0.15, 0.2) is 60.7 Å². The minimum Gasteiger partial charge on any atom is -0.0587 e. The van der Waals surface area contributed by atoms with E-state index in [0.29, 0.717) is 0 Å². The van der Waals surface area contributed by atoms with Gasteiger partial charge in [-0.25, -0.2) is 0 Å². The summed E-state index contributed by atoms with van der Waals surface area (Å²) in [6, 6.07) is 22.4.